The summed E-state index contributed by atoms with van der Waals surface area (Å²) >= 11 is 0. The van der Waals surface area contributed by atoms with E-state index in [0.29, 0.717) is 11.9 Å². The molecule has 2 unspecified atom stereocenters. The van der Waals surface area contributed by atoms with E-state index in [0.717, 1.165) is 24.5 Å². The number of ether oxygens (including phenoxy) is 1. The molecule has 2 atom stereocenters. The van der Waals surface area contributed by atoms with Gasteiger partial charge in [0.1, 0.15) is 5.75 Å². The Labute approximate surface area is 116 Å². The third kappa shape index (κ3) is 5.23. The van der Waals surface area contributed by atoms with E-state index < -0.39 is 0 Å². The molecule has 0 aliphatic carbocycles. The molecule has 1 aromatic rings. The van der Waals surface area contributed by atoms with Gasteiger partial charge in [-0.15, -0.1) is 0 Å². The molecule has 0 amide bonds. The number of aromatic hydroxyl groups is 1. The quantitative estimate of drug-likeness (QED) is 0.531. The lowest BCUT2D eigenvalue weighted by Crippen LogP contribution is -2.02. The van der Waals surface area contributed by atoms with Crippen LogP contribution < -0.4 is 0 Å². The first kappa shape index (κ1) is 14.4. The molecule has 0 radical (unpaired) electrons. The molecule has 0 spiro atoms. The molecule has 0 saturated carbocycles. The highest BCUT2D eigenvalue weighted by Gasteiger charge is 2.28. The number of aryl methyl sites for hydroxylation is 1. The molecule has 1 aliphatic rings. The summed E-state index contributed by atoms with van der Waals surface area (Å²) in [6, 6.07) is 7.67. The van der Waals surface area contributed by atoms with Gasteiger partial charge in [-0.1, -0.05) is 50.8 Å². The van der Waals surface area contributed by atoms with Crippen molar-refractivity contribution in [2.75, 3.05) is 6.61 Å². The average molecular weight is 262 g/mol. The van der Waals surface area contributed by atoms with Gasteiger partial charge >= 0.3 is 0 Å². The third-order valence-electron chi connectivity index (χ3n) is 4.09. The van der Waals surface area contributed by atoms with Crippen LogP contribution >= 0.6 is 0 Å². The van der Waals surface area contributed by atoms with Crippen molar-refractivity contribution in [3.05, 3.63) is 29.8 Å². The van der Waals surface area contributed by atoms with E-state index in [1.165, 1.54) is 38.5 Å². The van der Waals surface area contributed by atoms with E-state index in [1.807, 2.05) is 18.2 Å². The zero-order chi connectivity index (χ0) is 13.5. The Morgan fingerprint density at radius 1 is 1.16 bits per heavy atom. The summed E-state index contributed by atoms with van der Waals surface area (Å²) in [6.45, 7) is 3.29. The van der Waals surface area contributed by atoms with Crippen LogP contribution in [0, 0.1) is 5.92 Å². The fourth-order valence-corrected chi connectivity index (χ4v) is 2.60. The molecule has 106 valence electrons. The summed E-state index contributed by atoms with van der Waals surface area (Å²) in [6.07, 6.45) is 9.30. The first-order chi connectivity index (χ1) is 9.27. The molecule has 2 nitrogen and oxygen atoms in total. The lowest BCUT2D eigenvalue weighted by Gasteiger charge is -2.07. The van der Waals surface area contributed by atoms with Crippen molar-refractivity contribution in [2.24, 2.45) is 5.92 Å². The van der Waals surface area contributed by atoms with Crippen LogP contribution in [0.2, 0.25) is 0 Å². The van der Waals surface area contributed by atoms with Gasteiger partial charge in [-0.3, -0.25) is 0 Å². The van der Waals surface area contributed by atoms with E-state index in [2.05, 4.69) is 6.92 Å². The van der Waals surface area contributed by atoms with Crippen LogP contribution in [0.15, 0.2) is 24.3 Å². The standard InChI is InChI=1S/C17H26O2/c1-14(17-13-19-17)9-5-3-2-4-6-10-15-11-7-8-12-16(15)18/h7-8,11-12,14,17-18H,2-6,9-10,13H2,1H3. The summed E-state index contributed by atoms with van der Waals surface area (Å²) in [5, 5.41) is 9.66. The number of unbranched alkanes of at least 4 members (excludes halogenated alkanes) is 4. The average Bonchev–Trinajstić information content (AvgIpc) is 3.24. The number of hydrogen-bond acceptors (Lipinski definition) is 2. The van der Waals surface area contributed by atoms with Gasteiger partial charge in [0, 0.05) is 0 Å². The maximum absolute atomic E-state index is 9.66. The summed E-state index contributed by atoms with van der Waals surface area (Å²) in [7, 11) is 0. The molecule has 1 saturated heterocycles. The first-order valence-electron chi connectivity index (χ1n) is 7.66. The fourth-order valence-electron chi connectivity index (χ4n) is 2.60. The Kier molecular flexibility index (Phi) is 5.71. The van der Waals surface area contributed by atoms with Gasteiger partial charge in [-0.2, -0.15) is 0 Å². The Morgan fingerprint density at radius 3 is 2.58 bits per heavy atom. The van der Waals surface area contributed by atoms with Gasteiger partial charge in [-0.25, -0.2) is 0 Å². The van der Waals surface area contributed by atoms with Gasteiger partial charge in [-0.05, 0) is 36.8 Å². The van der Waals surface area contributed by atoms with Crippen LogP contribution in [-0.4, -0.2) is 17.8 Å². The van der Waals surface area contributed by atoms with Crippen molar-refractivity contribution in [1.82, 2.24) is 0 Å². The number of phenols is 1. The van der Waals surface area contributed by atoms with E-state index in [9.17, 15) is 5.11 Å². The first-order valence-corrected chi connectivity index (χ1v) is 7.66. The lowest BCUT2D eigenvalue weighted by atomic mass is 9.99. The van der Waals surface area contributed by atoms with Gasteiger partial charge < -0.3 is 9.84 Å². The Bertz CT molecular complexity index is 371. The number of rotatable bonds is 9. The van der Waals surface area contributed by atoms with E-state index in [-0.39, 0.29) is 0 Å². The number of epoxide rings is 1. The zero-order valence-corrected chi connectivity index (χ0v) is 12.0. The molecular weight excluding hydrogens is 236 g/mol. The highest BCUT2D eigenvalue weighted by atomic mass is 16.6. The van der Waals surface area contributed by atoms with Gasteiger partial charge in [0.2, 0.25) is 0 Å². The lowest BCUT2D eigenvalue weighted by molar-refractivity contribution is 0.324. The predicted molar refractivity (Wildman–Crippen MR) is 78.4 cm³/mol. The molecule has 1 heterocycles. The van der Waals surface area contributed by atoms with Crippen LogP contribution in [0.3, 0.4) is 0 Å². The number of hydrogen-bond donors (Lipinski definition) is 1. The minimum absolute atomic E-state index is 0.445. The van der Waals surface area contributed by atoms with Crippen molar-refractivity contribution in [2.45, 2.75) is 58.0 Å². The van der Waals surface area contributed by atoms with Crippen molar-refractivity contribution >= 4 is 0 Å². The highest BCUT2D eigenvalue weighted by molar-refractivity contribution is 5.31. The molecule has 1 aromatic carbocycles. The fraction of sp³-hybridized carbons (Fsp3) is 0.647. The van der Waals surface area contributed by atoms with Crippen molar-refractivity contribution in [3.8, 4) is 5.75 Å². The van der Waals surface area contributed by atoms with Crippen LogP contribution in [0.4, 0.5) is 0 Å². The molecule has 2 rings (SSSR count). The van der Waals surface area contributed by atoms with Crippen LogP contribution in [0.1, 0.15) is 51.0 Å². The number of benzene rings is 1. The number of phenolic OH excluding ortho intramolecular Hbond substituents is 1. The van der Waals surface area contributed by atoms with Crippen molar-refractivity contribution in [3.63, 3.8) is 0 Å². The maximum atomic E-state index is 9.66. The molecule has 0 bridgehead atoms. The van der Waals surface area contributed by atoms with E-state index >= 15 is 0 Å². The third-order valence-corrected chi connectivity index (χ3v) is 4.09. The topological polar surface area (TPSA) is 32.8 Å². The molecule has 1 fully saturated rings. The van der Waals surface area contributed by atoms with E-state index in [1.54, 1.807) is 6.07 Å². The van der Waals surface area contributed by atoms with Gasteiger partial charge in [0.15, 0.2) is 0 Å². The summed E-state index contributed by atoms with van der Waals surface area (Å²) < 4.78 is 5.30. The second-order valence-electron chi connectivity index (χ2n) is 5.78. The molecular formula is C17H26O2. The summed E-state index contributed by atoms with van der Waals surface area (Å²) in [5.74, 6) is 1.20. The van der Waals surface area contributed by atoms with Crippen LogP contribution in [-0.2, 0) is 11.2 Å². The minimum atomic E-state index is 0.445. The predicted octanol–water partition coefficient (Wildman–Crippen LogP) is 4.31. The Morgan fingerprint density at radius 2 is 1.84 bits per heavy atom. The molecule has 2 heteroatoms. The minimum Gasteiger partial charge on any atom is -0.508 e. The van der Waals surface area contributed by atoms with Crippen LogP contribution in [0.5, 0.6) is 5.75 Å². The second-order valence-corrected chi connectivity index (χ2v) is 5.78. The highest BCUT2D eigenvalue weighted by Crippen LogP contribution is 2.25. The van der Waals surface area contributed by atoms with E-state index in [4.69, 9.17) is 4.74 Å². The summed E-state index contributed by atoms with van der Waals surface area (Å²) in [4.78, 5) is 0. The Hall–Kier alpha value is -1.02. The monoisotopic (exact) mass is 262 g/mol. The zero-order valence-electron chi connectivity index (χ0n) is 12.0. The molecule has 19 heavy (non-hydrogen) atoms. The molecule has 0 aromatic heterocycles. The number of para-hydroxylation sites is 1. The molecule has 1 N–H and O–H groups in total. The van der Waals surface area contributed by atoms with Crippen molar-refractivity contribution in [1.29, 1.82) is 0 Å². The maximum Gasteiger partial charge on any atom is 0.118 e. The van der Waals surface area contributed by atoms with Crippen molar-refractivity contribution < 1.29 is 9.84 Å². The van der Waals surface area contributed by atoms with Gasteiger partial charge in [0.25, 0.3) is 0 Å². The largest absolute Gasteiger partial charge is 0.508 e. The van der Waals surface area contributed by atoms with Gasteiger partial charge in [0.05, 0.1) is 12.7 Å². The smallest absolute Gasteiger partial charge is 0.118 e. The molecule has 1 aliphatic heterocycles. The SMILES string of the molecule is CC(CCCCCCCc1ccccc1O)C1CO1. The Balaban J connectivity index is 1.47. The van der Waals surface area contributed by atoms with Crippen LogP contribution in [0.25, 0.3) is 0 Å². The second kappa shape index (κ2) is 7.54. The normalized spacial score (nSPS) is 19.3. The summed E-state index contributed by atoms with van der Waals surface area (Å²) in [5.41, 5.74) is 1.09.